The van der Waals surface area contributed by atoms with Crippen molar-refractivity contribution in [3.05, 3.63) is 12.7 Å². The summed E-state index contributed by atoms with van der Waals surface area (Å²) in [5.41, 5.74) is 0. The van der Waals surface area contributed by atoms with Crippen LogP contribution in [-0.2, 0) is 61.3 Å². The van der Waals surface area contributed by atoms with Crippen LogP contribution in [0.5, 0.6) is 0 Å². The van der Waals surface area contributed by atoms with E-state index >= 15 is 0 Å². The molecule has 0 N–H and O–H groups in total. The number of hydrogen-bond donors (Lipinski definition) is 0. The molecule has 6 atom stereocenters. The van der Waals surface area contributed by atoms with E-state index in [1.54, 1.807) is 0 Å². The van der Waals surface area contributed by atoms with E-state index in [9.17, 15) is 14.4 Å². The molecule has 3 rings (SSSR count). The number of rotatable bonds is 2. The predicted octanol–water partition coefficient (Wildman–Crippen LogP) is -0.165. The fraction of sp³-hybridized carbons (Fsp3) is 0.667. The summed E-state index contributed by atoms with van der Waals surface area (Å²) in [4.78, 5) is 34.3. The van der Waals surface area contributed by atoms with Crippen molar-refractivity contribution < 1.29 is 61.3 Å². The summed E-state index contributed by atoms with van der Waals surface area (Å²) in [6.07, 6.45) is -2.36. The minimum atomic E-state index is -0.649. The van der Waals surface area contributed by atoms with Crippen molar-refractivity contribution in [2.45, 2.75) is 31.3 Å². The van der Waals surface area contributed by atoms with Gasteiger partial charge in [0.2, 0.25) is 0 Å². The first kappa shape index (κ1) is 17.7. The van der Waals surface area contributed by atoms with Crippen LogP contribution in [0.2, 0.25) is 0 Å². The molecular weight excluding hydrogens is 343 g/mol. The number of nitrogens with zero attached hydrogens (tertiary/aromatic N) is 1. The van der Waals surface area contributed by atoms with Gasteiger partial charge in [0.05, 0.1) is 17.9 Å². The van der Waals surface area contributed by atoms with Crippen LogP contribution in [0.3, 0.4) is 0 Å². The number of fused-ring (bicyclic) bond motifs is 5. The Hall–Kier alpha value is -0.366. The standard InChI is InChI=1S/C11H13NO6.CH3.Y/c1-3(13)17-9-7-5-4(10(14)12-11(5)15)6(18-7)8(9)16-2;;/h4-9H,1-2H3,(H,12,14,15);1H3;/q;-1;/p-1. The predicted molar refractivity (Wildman–Crippen MR) is 61.8 cm³/mol. The Morgan fingerprint density at radius 1 is 1.15 bits per heavy atom. The zero-order chi connectivity index (χ0) is 13.0. The SMILES string of the molecule is COC1C(OC(C)=O)C2OC1C1C(=O)[N-]C(=O)C21.[CH3-].[Y]. The van der Waals surface area contributed by atoms with Crippen LogP contribution in [-0.4, -0.2) is 49.3 Å². The van der Waals surface area contributed by atoms with Crippen LogP contribution in [0.15, 0.2) is 0 Å². The van der Waals surface area contributed by atoms with E-state index in [4.69, 9.17) is 14.2 Å². The van der Waals surface area contributed by atoms with Gasteiger partial charge >= 0.3 is 5.97 Å². The third-order valence-corrected chi connectivity index (χ3v) is 3.75. The molecule has 3 heterocycles. The van der Waals surface area contributed by atoms with Gasteiger partial charge in [-0.25, -0.2) is 0 Å². The van der Waals surface area contributed by atoms with Gasteiger partial charge in [-0.3, -0.25) is 4.79 Å². The Balaban J connectivity index is 0.000001000. The normalized spacial score (nSPS) is 40.5. The number of carbonyl (C=O) groups is 3. The fourth-order valence-corrected chi connectivity index (χ4v) is 3.14. The maximum atomic E-state index is 11.6. The Morgan fingerprint density at radius 2 is 1.65 bits per heavy atom. The number of amides is 2. The van der Waals surface area contributed by atoms with Gasteiger partial charge in [-0.2, -0.15) is 0 Å². The van der Waals surface area contributed by atoms with Gasteiger partial charge in [-0.15, -0.1) is 0 Å². The first-order valence-corrected chi connectivity index (χ1v) is 5.69. The van der Waals surface area contributed by atoms with Crippen LogP contribution >= 0.6 is 0 Å². The van der Waals surface area contributed by atoms with Gasteiger partial charge in [0, 0.05) is 58.6 Å². The van der Waals surface area contributed by atoms with E-state index in [2.05, 4.69) is 5.32 Å². The molecule has 3 aliphatic heterocycles. The molecule has 3 fully saturated rings. The summed E-state index contributed by atoms with van der Waals surface area (Å²) >= 11 is 0. The Labute approximate surface area is 142 Å². The Kier molecular flexibility index (Phi) is 5.46. The van der Waals surface area contributed by atoms with Crippen LogP contribution in [0.4, 0.5) is 0 Å². The molecule has 3 aliphatic rings. The van der Waals surface area contributed by atoms with Crippen LogP contribution in [0.1, 0.15) is 6.92 Å². The smallest absolute Gasteiger partial charge is 0.303 e. The van der Waals surface area contributed by atoms with E-state index in [0.29, 0.717) is 0 Å². The Morgan fingerprint density at radius 3 is 2.10 bits per heavy atom. The molecule has 6 unspecified atom stereocenters. The van der Waals surface area contributed by atoms with E-state index in [1.807, 2.05) is 0 Å². The van der Waals surface area contributed by atoms with E-state index < -0.39 is 54.0 Å². The second-order valence-electron chi connectivity index (χ2n) is 4.68. The number of ether oxygens (including phenoxy) is 3. The fourth-order valence-electron chi connectivity index (χ4n) is 3.14. The maximum Gasteiger partial charge on any atom is 0.303 e. The number of methoxy groups -OCH3 is 1. The van der Waals surface area contributed by atoms with Gasteiger partial charge in [0.1, 0.15) is 12.2 Å². The maximum absolute atomic E-state index is 11.6. The van der Waals surface area contributed by atoms with Crippen molar-refractivity contribution >= 4 is 17.8 Å². The van der Waals surface area contributed by atoms with E-state index in [-0.39, 0.29) is 40.1 Å². The zero-order valence-electron chi connectivity index (χ0n) is 11.4. The molecule has 2 bridgehead atoms. The topological polar surface area (TPSA) is 93.0 Å². The van der Waals surface area contributed by atoms with Gasteiger partial charge in [0.25, 0.3) is 0 Å². The molecule has 0 aromatic carbocycles. The van der Waals surface area contributed by atoms with E-state index in [0.717, 1.165) is 0 Å². The average Bonchev–Trinajstić information content (AvgIpc) is 2.90. The molecule has 0 saturated carbocycles. The van der Waals surface area contributed by atoms with Crippen molar-refractivity contribution in [2.75, 3.05) is 7.11 Å². The molecule has 1 radical (unpaired) electrons. The largest absolute Gasteiger partial charge is 0.595 e. The van der Waals surface area contributed by atoms with Crippen molar-refractivity contribution in [3.63, 3.8) is 0 Å². The summed E-state index contributed by atoms with van der Waals surface area (Å²) in [5, 5.41) is 3.44. The van der Waals surface area contributed by atoms with Crippen LogP contribution in [0.25, 0.3) is 5.32 Å². The minimum Gasteiger partial charge on any atom is -0.595 e. The monoisotopic (exact) mass is 358 g/mol. The zero-order valence-corrected chi connectivity index (χ0v) is 14.3. The summed E-state index contributed by atoms with van der Waals surface area (Å²) in [6, 6.07) is 0. The third-order valence-electron chi connectivity index (χ3n) is 3.75. The van der Waals surface area contributed by atoms with Gasteiger partial charge in [-0.1, -0.05) is 0 Å². The molecule has 2 amide bonds. The summed E-state index contributed by atoms with van der Waals surface area (Å²) < 4.78 is 16.0. The molecule has 7 nitrogen and oxygen atoms in total. The minimum absolute atomic E-state index is 0. The number of imide groups is 1. The number of carbonyl (C=O) groups excluding carboxylic acids is 3. The Bertz CT molecular complexity index is 442. The first-order chi connectivity index (χ1) is 8.54. The van der Waals surface area contributed by atoms with E-state index in [1.165, 1.54) is 14.0 Å². The number of esters is 1. The molecule has 0 aliphatic carbocycles. The molecule has 0 spiro atoms. The molecule has 8 heteroatoms. The van der Waals surface area contributed by atoms with Crippen LogP contribution in [0, 0.1) is 19.3 Å². The summed E-state index contributed by atoms with van der Waals surface area (Å²) in [5.74, 6) is -2.62. The first-order valence-electron chi connectivity index (χ1n) is 5.69. The molecule has 109 valence electrons. The summed E-state index contributed by atoms with van der Waals surface area (Å²) in [6.45, 7) is 1.28. The average molecular weight is 358 g/mol. The molecule has 0 aromatic heterocycles. The van der Waals surface area contributed by atoms with Crippen molar-refractivity contribution in [2.24, 2.45) is 11.8 Å². The van der Waals surface area contributed by atoms with Crippen molar-refractivity contribution in [1.29, 1.82) is 0 Å². The molecule has 0 aromatic rings. The third kappa shape index (κ3) is 2.34. The second kappa shape index (κ2) is 6.17. The molecule has 3 saturated heterocycles. The van der Waals surface area contributed by atoms with Gasteiger partial charge in [0.15, 0.2) is 6.10 Å². The summed E-state index contributed by atoms with van der Waals surface area (Å²) in [7, 11) is 1.46. The van der Waals surface area contributed by atoms with Gasteiger partial charge in [-0.05, 0) is 0 Å². The molecule has 20 heavy (non-hydrogen) atoms. The quantitative estimate of drug-likeness (QED) is 0.387. The van der Waals surface area contributed by atoms with Crippen molar-refractivity contribution in [1.82, 2.24) is 0 Å². The van der Waals surface area contributed by atoms with Crippen LogP contribution < -0.4 is 0 Å². The number of hydrogen-bond acceptors (Lipinski definition) is 6. The second-order valence-corrected chi connectivity index (χ2v) is 4.68. The van der Waals surface area contributed by atoms with Crippen molar-refractivity contribution in [3.8, 4) is 0 Å². The van der Waals surface area contributed by atoms with Gasteiger partial charge < -0.3 is 36.5 Å². The molecular formula is C12H15NO6Y-2.